The molecule has 0 saturated heterocycles. The van der Waals surface area contributed by atoms with Gasteiger partial charge in [-0.1, -0.05) is 15.9 Å². The highest BCUT2D eigenvalue weighted by molar-refractivity contribution is 9.10. The van der Waals surface area contributed by atoms with Crippen LogP contribution in [0.4, 0.5) is 0 Å². The van der Waals surface area contributed by atoms with E-state index in [-0.39, 0.29) is 0 Å². The molecule has 1 saturated carbocycles. The summed E-state index contributed by atoms with van der Waals surface area (Å²) in [4.78, 5) is 0. The molecule has 3 rings (SSSR count). The van der Waals surface area contributed by atoms with Crippen molar-refractivity contribution in [2.75, 3.05) is 0 Å². The van der Waals surface area contributed by atoms with Crippen LogP contribution in [-0.2, 0) is 0 Å². The lowest BCUT2D eigenvalue weighted by Gasteiger charge is -2.07. The SMILES string of the molecule is Cc1cc(Br)ccc1-n1nnnc1C1CC1. The molecule has 1 aliphatic carbocycles. The van der Waals surface area contributed by atoms with E-state index in [2.05, 4.69) is 44.4 Å². The third kappa shape index (κ3) is 1.65. The third-order valence-electron chi connectivity index (χ3n) is 2.82. The average molecular weight is 279 g/mol. The van der Waals surface area contributed by atoms with Crippen molar-refractivity contribution in [2.24, 2.45) is 0 Å². The fourth-order valence-electron chi connectivity index (χ4n) is 1.82. The Labute approximate surface area is 102 Å². The van der Waals surface area contributed by atoms with Crippen molar-refractivity contribution in [3.8, 4) is 5.69 Å². The summed E-state index contributed by atoms with van der Waals surface area (Å²) in [7, 11) is 0. The van der Waals surface area contributed by atoms with Crippen molar-refractivity contribution in [3.05, 3.63) is 34.1 Å². The minimum atomic E-state index is 0.554. The second-order valence-corrected chi connectivity index (χ2v) is 5.07. The number of hydrogen-bond donors (Lipinski definition) is 0. The van der Waals surface area contributed by atoms with E-state index in [1.807, 2.05) is 16.8 Å². The second-order valence-electron chi connectivity index (χ2n) is 4.15. The third-order valence-corrected chi connectivity index (χ3v) is 3.32. The normalized spacial score (nSPS) is 15.4. The Balaban J connectivity index is 2.10. The van der Waals surface area contributed by atoms with E-state index in [4.69, 9.17) is 0 Å². The molecule has 16 heavy (non-hydrogen) atoms. The molecule has 1 heterocycles. The van der Waals surface area contributed by atoms with E-state index in [0.29, 0.717) is 5.92 Å². The van der Waals surface area contributed by atoms with Gasteiger partial charge in [-0.25, -0.2) is 0 Å². The fourth-order valence-corrected chi connectivity index (χ4v) is 2.29. The van der Waals surface area contributed by atoms with Crippen molar-refractivity contribution in [1.29, 1.82) is 0 Å². The lowest BCUT2D eigenvalue weighted by Crippen LogP contribution is -2.03. The zero-order valence-corrected chi connectivity index (χ0v) is 10.5. The summed E-state index contributed by atoms with van der Waals surface area (Å²) in [5, 5.41) is 12.0. The molecule has 4 nitrogen and oxygen atoms in total. The molecule has 0 aliphatic heterocycles. The minimum Gasteiger partial charge on any atom is -0.197 e. The Kier molecular flexibility index (Phi) is 2.28. The van der Waals surface area contributed by atoms with Crippen LogP contribution in [-0.4, -0.2) is 20.2 Å². The molecule has 1 fully saturated rings. The quantitative estimate of drug-likeness (QED) is 0.848. The first-order valence-electron chi connectivity index (χ1n) is 5.30. The number of hydrogen-bond acceptors (Lipinski definition) is 3. The van der Waals surface area contributed by atoms with Crippen molar-refractivity contribution < 1.29 is 0 Å². The van der Waals surface area contributed by atoms with E-state index in [0.717, 1.165) is 16.0 Å². The van der Waals surface area contributed by atoms with Gasteiger partial charge in [0, 0.05) is 10.4 Å². The van der Waals surface area contributed by atoms with Crippen LogP contribution in [0.1, 0.15) is 30.1 Å². The molecule has 0 radical (unpaired) electrons. The van der Waals surface area contributed by atoms with Gasteiger partial charge in [-0.05, 0) is 54.0 Å². The molecule has 5 heteroatoms. The van der Waals surface area contributed by atoms with Crippen LogP contribution in [0.3, 0.4) is 0 Å². The first-order chi connectivity index (χ1) is 7.75. The number of aromatic nitrogens is 4. The first kappa shape index (κ1) is 9.96. The highest BCUT2D eigenvalue weighted by atomic mass is 79.9. The zero-order valence-electron chi connectivity index (χ0n) is 8.89. The molecule has 0 atom stereocenters. The van der Waals surface area contributed by atoms with Gasteiger partial charge in [-0.15, -0.1) is 5.10 Å². The summed E-state index contributed by atoms with van der Waals surface area (Å²) in [6.07, 6.45) is 2.41. The van der Waals surface area contributed by atoms with Gasteiger partial charge < -0.3 is 0 Å². The molecule has 1 aromatic carbocycles. The molecule has 1 aromatic heterocycles. The van der Waals surface area contributed by atoms with Crippen molar-refractivity contribution in [3.63, 3.8) is 0 Å². The maximum Gasteiger partial charge on any atom is 0.159 e. The standard InChI is InChI=1S/C11H11BrN4/c1-7-6-9(12)4-5-10(7)16-11(8-2-3-8)13-14-15-16/h4-6,8H,2-3H2,1H3. The number of tetrazole rings is 1. The lowest BCUT2D eigenvalue weighted by molar-refractivity contribution is 0.759. The van der Waals surface area contributed by atoms with Crippen LogP contribution >= 0.6 is 15.9 Å². The Morgan fingerprint density at radius 2 is 2.19 bits per heavy atom. The molecular weight excluding hydrogens is 268 g/mol. The second kappa shape index (κ2) is 3.66. The molecule has 0 amide bonds. The van der Waals surface area contributed by atoms with Crippen LogP contribution in [0, 0.1) is 6.92 Å². The maximum atomic E-state index is 4.11. The Hall–Kier alpha value is -1.23. The lowest BCUT2D eigenvalue weighted by atomic mass is 10.2. The highest BCUT2D eigenvalue weighted by Gasteiger charge is 2.30. The van der Waals surface area contributed by atoms with Gasteiger partial charge in [0.25, 0.3) is 0 Å². The predicted octanol–water partition coefficient (Wildman–Crippen LogP) is 2.61. The summed E-state index contributed by atoms with van der Waals surface area (Å²) in [6.45, 7) is 2.07. The Morgan fingerprint density at radius 1 is 1.38 bits per heavy atom. The number of aryl methyl sites for hydroxylation is 1. The molecule has 0 N–H and O–H groups in total. The van der Waals surface area contributed by atoms with E-state index < -0.39 is 0 Å². The van der Waals surface area contributed by atoms with Crippen LogP contribution < -0.4 is 0 Å². The Bertz CT molecular complexity index is 531. The molecule has 0 bridgehead atoms. The van der Waals surface area contributed by atoms with Crippen LogP contribution in [0.5, 0.6) is 0 Å². The summed E-state index contributed by atoms with van der Waals surface area (Å²) in [6, 6.07) is 6.13. The van der Waals surface area contributed by atoms with Gasteiger partial charge in [-0.2, -0.15) is 4.68 Å². The van der Waals surface area contributed by atoms with E-state index >= 15 is 0 Å². The molecule has 82 valence electrons. The molecule has 0 spiro atoms. The van der Waals surface area contributed by atoms with E-state index in [1.165, 1.54) is 18.4 Å². The molecule has 0 unspecified atom stereocenters. The predicted molar refractivity (Wildman–Crippen MR) is 63.6 cm³/mol. The largest absolute Gasteiger partial charge is 0.197 e. The van der Waals surface area contributed by atoms with Crippen molar-refractivity contribution in [1.82, 2.24) is 20.2 Å². The van der Waals surface area contributed by atoms with Crippen LogP contribution in [0.25, 0.3) is 5.69 Å². The monoisotopic (exact) mass is 278 g/mol. The highest BCUT2D eigenvalue weighted by Crippen LogP contribution is 2.39. The molecular formula is C11H11BrN4. The summed E-state index contributed by atoms with van der Waals surface area (Å²) >= 11 is 3.46. The minimum absolute atomic E-state index is 0.554. The van der Waals surface area contributed by atoms with E-state index in [9.17, 15) is 0 Å². The number of halogens is 1. The topological polar surface area (TPSA) is 43.6 Å². The zero-order chi connectivity index (χ0) is 11.1. The average Bonchev–Trinajstić information content (AvgIpc) is 2.98. The molecule has 1 aliphatic rings. The number of nitrogens with zero attached hydrogens (tertiary/aromatic N) is 4. The van der Waals surface area contributed by atoms with E-state index in [1.54, 1.807) is 0 Å². The number of rotatable bonds is 2. The Morgan fingerprint density at radius 3 is 2.88 bits per heavy atom. The van der Waals surface area contributed by atoms with Gasteiger partial charge in [-0.3, -0.25) is 0 Å². The summed E-state index contributed by atoms with van der Waals surface area (Å²) in [5.41, 5.74) is 2.23. The smallest absolute Gasteiger partial charge is 0.159 e. The van der Waals surface area contributed by atoms with Gasteiger partial charge >= 0.3 is 0 Å². The van der Waals surface area contributed by atoms with Gasteiger partial charge in [0.15, 0.2) is 5.82 Å². The maximum absolute atomic E-state index is 4.11. The van der Waals surface area contributed by atoms with Gasteiger partial charge in [0.05, 0.1) is 5.69 Å². The van der Waals surface area contributed by atoms with Gasteiger partial charge in [0.1, 0.15) is 0 Å². The summed E-state index contributed by atoms with van der Waals surface area (Å²) < 4.78 is 2.94. The van der Waals surface area contributed by atoms with Crippen LogP contribution in [0.15, 0.2) is 22.7 Å². The summed E-state index contributed by atoms with van der Waals surface area (Å²) in [5.74, 6) is 1.54. The molecule has 2 aromatic rings. The number of benzene rings is 1. The van der Waals surface area contributed by atoms with Gasteiger partial charge in [0.2, 0.25) is 0 Å². The van der Waals surface area contributed by atoms with Crippen LogP contribution in [0.2, 0.25) is 0 Å². The van der Waals surface area contributed by atoms with Crippen molar-refractivity contribution in [2.45, 2.75) is 25.7 Å². The van der Waals surface area contributed by atoms with Crippen molar-refractivity contribution >= 4 is 15.9 Å². The fraction of sp³-hybridized carbons (Fsp3) is 0.364. The first-order valence-corrected chi connectivity index (χ1v) is 6.10.